The number of cyclic esters (lactones) is 1. The maximum absolute atomic E-state index is 14.7. The summed E-state index contributed by atoms with van der Waals surface area (Å²) in [4.78, 5) is 13.2. The average Bonchev–Trinajstić information content (AvgIpc) is 3.09. The van der Waals surface area contributed by atoms with Crippen LogP contribution in [0.4, 0.5) is 14.9 Å². The SMILES string of the molecule is C[n+]1cccc(-c2ccc(-c3ccc(N4C[C@H](CO)OC4=O)cc3F)cc2)c1. The standard InChI is InChI=1S/C22H20FN2O3/c1-24-10-2-3-17(12-24)15-4-6-16(7-5-15)20-9-8-18(11-21(20)23)25-13-19(14-26)28-22(25)27/h2-12,19,26H,13-14H2,1H3/q+1/t19-/m1/s1. The highest BCUT2D eigenvalue weighted by molar-refractivity contribution is 5.90. The van der Waals surface area contributed by atoms with Crippen LogP contribution in [-0.4, -0.2) is 30.5 Å². The van der Waals surface area contributed by atoms with Gasteiger partial charge in [-0.3, -0.25) is 4.90 Å². The van der Waals surface area contributed by atoms with Gasteiger partial charge in [0.15, 0.2) is 12.4 Å². The van der Waals surface area contributed by atoms with Crippen LogP contribution in [0.1, 0.15) is 0 Å². The molecular formula is C22H20FN2O3+. The van der Waals surface area contributed by atoms with Crippen LogP contribution >= 0.6 is 0 Å². The molecule has 2 aromatic carbocycles. The Labute approximate surface area is 162 Å². The number of rotatable bonds is 4. The number of anilines is 1. The third kappa shape index (κ3) is 3.46. The van der Waals surface area contributed by atoms with Gasteiger partial charge in [-0.2, -0.15) is 0 Å². The van der Waals surface area contributed by atoms with E-state index in [4.69, 9.17) is 9.84 Å². The molecule has 1 atom stereocenters. The molecule has 1 amide bonds. The van der Waals surface area contributed by atoms with Crippen LogP contribution in [0.5, 0.6) is 0 Å². The second-order valence-electron chi connectivity index (χ2n) is 6.80. The number of carbonyl (C=O) groups excluding carboxylic acids is 1. The summed E-state index contributed by atoms with van der Waals surface area (Å²) in [6.45, 7) is -0.0497. The fourth-order valence-corrected chi connectivity index (χ4v) is 3.33. The van der Waals surface area contributed by atoms with Gasteiger partial charge in [0.25, 0.3) is 0 Å². The Hall–Kier alpha value is -3.25. The number of aliphatic hydroxyl groups is 1. The van der Waals surface area contributed by atoms with E-state index in [1.807, 2.05) is 60.4 Å². The molecule has 1 saturated heterocycles. The average molecular weight is 379 g/mol. The normalized spacial score (nSPS) is 16.3. The third-order valence-corrected chi connectivity index (χ3v) is 4.81. The number of carbonyl (C=O) groups is 1. The van der Waals surface area contributed by atoms with Crippen LogP contribution in [0, 0.1) is 5.82 Å². The van der Waals surface area contributed by atoms with E-state index in [1.54, 1.807) is 12.1 Å². The largest absolute Gasteiger partial charge is 0.441 e. The van der Waals surface area contributed by atoms with Crippen molar-refractivity contribution >= 4 is 11.8 Å². The van der Waals surface area contributed by atoms with Crippen molar-refractivity contribution in [1.29, 1.82) is 0 Å². The minimum absolute atomic E-state index is 0.206. The summed E-state index contributed by atoms with van der Waals surface area (Å²) in [5, 5.41) is 9.14. The predicted octanol–water partition coefficient (Wildman–Crippen LogP) is 3.30. The summed E-state index contributed by atoms with van der Waals surface area (Å²) in [6, 6.07) is 16.3. The first-order valence-electron chi connectivity index (χ1n) is 9.00. The molecule has 1 aliphatic rings. The lowest BCUT2D eigenvalue weighted by Gasteiger charge is -2.14. The van der Waals surface area contributed by atoms with Gasteiger partial charge in [0.1, 0.15) is 19.0 Å². The Morgan fingerprint density at radius 2 is 1.89 bits per heavy atom. The second-order valence-corrected chi connectivity index (χ2v) is 6.80. The number of amides is 1. The van der Waals surface area contributed by atoms with Gasteiger partial charge in [0.2, 0.25) is 0 Å². The van der Waals surface area contributed by atoms with Gasteiger partial charge >= 0.3 is 6.09 Å². The number of aromatic nitrogens is 1. The Kier molecular flexibility index (Phi) is 4.79. The highest BCUT2D eigenvalue weighted by atomic mass is 19.1. The molecule has 0 spiro atoms. The fourth-order valence-electron chi connectivity index (χ4n) is 3.33. The van der Waals surface area contributed by atoms with Crippen LogP contribution < -0.4 is 9.47 Å². The fraction of sp³-hybridized carbons (Fsp3) is 0.182. The topological polar surface area (TPSA) is 53.6 Å². The van der Waals surface area contributed by atoms with Crippen molar-refractivity contribution in [1.82, 2.24) is 0 Å². The van der Waals surface area contributed by atoms with Gasteiger partial charge in [0.05, 0.1) is 18.8 Å². The van der Waals surface area contributed by atoms with Gasteiger partial charge in [-0.15, -0.1) is 0 Å². The predicted molar refractivity (Wildman–Crippen MR) is 103 cm³/mol. The quantitative estimate of drug-likeness (QED) is 0.708. The maximum Gasteiger partial charge on any atom is 0.414 e. The smallest absolute Gasteiger partial charge is 0.414 e. The third-order valence-electron chi connectivity index (χ3n) is 4.81. The van der Waals surface area contributed by atoms with Gasteiger partial charge in [-0.25, -0.2) is 13.8 Å². The van der Waals surface area contributed by atoms with Gasteiger partial charge in [0, 0.05) is 17.2 Å². The lowest BCUT2D eigenvalue weighted by atomic mass is 10.0. The van der Waals surface area contributed by atoms with Crippen molar-refractivity contribution in [2.75, 3.05) is 18.1 Å². The second kappa shape index (κ2) is 7.40. The maximum atomic E-state index is 14.7. The van der Waals surface area contributed by atoms with Gasteiger partial charge in [-0.05, 0) is 35.4 Å². The molecule has 1 aliphatic heterocycles. The molecule has 4 rings (SSSR count). The molecule has 0 aliphatic carbocycles. The molecular weight excluding hydrogens is 359 g/mol. The summed E-state index contributed by atoms with van der Waals surface area (Å²) in [5.74, 6) is -0.420. The number of halogens is 1. The first kappa shape index (κ1) is 18.1. The number of pyridine rings is 1. The van der Waals surface area contributed by atoms with E-state index in [2.05, 4.69) is 0 Å². The Balaban J connectivity index is 1.59. The molecule has 1 N–H and O–H groups in total. The highest BCUT2D eigenvalue weighted by Crippen LogP contribution is 2.30. The molecule has 5 nitrogen and oxygen atoms in total. The van der Waals surface area contributed by atoms with E-state index in [0.717, 1.165) is 16.7 Å². The molecule has 0 saturated carbocycles. The number of aryl methyl sites for hydroxylation is 1. The van der Waals surface area contributed by atoms with E-state index in [9.17, 15) is 9.18 Å². The zero-order valence-electron chi connectivity index (χ0n) is 15.4. The minimum atomic E-state index is -0.581. The van der Waals surface area contributed by atoms with Crippen molar-refractivity contribution in [3.63, 3.8) is 0 Å². The van der Waals surface area contributed by atoms with Crippen molar-refractivity contribution in [3.8, 4) is 22.3 Å². The lowest BCUT2D eigenvalue weighted by Crippen LogP contribution is -2.26. The monoisotopic (exact) mass is 379 g/mol. The van der Waals surface area contributed by atoms with E-state index >= 15 is 0 Å². The lowest BCUT2D eigenvalue weighted by molar-refractivity contribution is -0.671. The van der Waals surface area contributed by atoms with Crippen LogP contribution in [0.3, 0.4) is 0 Å². The van der Waals surface area contributed by atoms with Gasteiger partial charge < -0.3 is 9.84 Å². The van der Waals surface area contributed by atoms with E-state index in [0.29, 0.717) is 11.3 Å². The van der Waals surface area contributed by atoms with Crippen LogP contribution in [0.15, 0.2) is 67.0 Å². The number of hydrogen-bond acceptors (Lipinski definition) is 3. The summed E-state index contributed by atoms with van der Waals surface area (Å²) < 4.78 is 21.7. The van der Waals surface area contributed by atoms with Crippen LogP contribution in [-0.2, 0) is 11.8 Å². The van der Waals surface area contributed by atoms with Crippen molar-refractivity contribution in [2.24, 2.45) is 7.05 Å². The number of benzene rings is 2. The molecule has 0 radical (unpaired) electrons. The molecule has 0 bridgehead atoms. The summed E-state index contributed by atoms with van der Waals surface area (Å²) >= 11 is 0. The highest BCUT2D eigenvalue weighted by Gasteiger charge is 2.32. The number of hydrogen-bond donors (Lipinski definition) is 1. The first-order chi connectivity index (χ1) is 13.5. The first-order valence-corrected chi connectivity index (χ1v) is 9.00. The Morgan fingerprint density at radius 1 is 1.14 bits per heavy atom. The molecule has 0 unspecified atom stereocenters. The number of nitrogens with zero attached hydrogens (tertiary/aromatic N) is 2. The van der Waals surface area contributed by atoms with Crippen molar-refractivity contribution < 1.29 is 23.6 Å². The molecule has 142 valence electrons. The van der Waals surface area contributed by atoms with Crippen LogP contribution in [0.25, 0.3) is 22.3 Å². The molecule has 1 fully saturated rings. The van der Waals surface area contributed by atoms with Crippen molar-refractivity contribution in [2.45, 2.75) is 6.10 Å². The molecule has 6 heteroatoms. The van der Waals surface area contributed by atoms with Gasteiger partial charge in [-0.1, -0.05) is 24.3 Å². The molecule has 1 aromatic heterocycles. The molecule has 28 heavy (non-hydrogen) atoms. The number of aliphatic hydroxyl groups excluding tert-OH is 1. The van der Waals surface area contributed by atoms with E-state index in [-0.39, 0.29) is 13.2 Å². The Morgan fingerprint density at radius 3 is 2.54 bits per heavy atom. The summed E-state index contributed by atoms with van der Waals surface area (Å²) in [7, 11) is 1.97. The Bertz CT molecular complexity index is 1020. The van der Waals surface area contributed by atoms with E-state index < -0.39 is 18.0 Å². The zero-order valence-corrected chi connectivity index (χ0v) is 15.4. The number of ether oxygens (including phenoxy) is 1. The summed E-state index contributed by atoms with van der Waals surface area (Å²) in [6.07, 6.45) is 2.83. The minimum Gasteiger partial charge on any atom is -0.441 e. The summed E-state index contributed by atoms with van der Waals surface area (Å²) in [5.41, 5.74) is 3.76. The molecule has 2 heterocycles. The zero-order chi connectivity index (χ0) is 19.7. The van der Waals surface area contributed by atoms with Crippen molar-refractivity contribution in [3.05, 3.63) is 72.8 Å². The van der Waals surface area contributed by atoms with E-state index in [1.165, 1.54) is 11.0 Å². The van der Waals surface area contributed by atoms with Crippen LogP contribution in [0.2, 0.25) is 0 Å². The molecule has 3 aromatic rings.